The summed E-state index contributed by atoms with van der Waals surface area (Å²) in [5, 5.41) is 21.2. The Bertz CT molecular complexity index is 260. The third-order valence-corrected chi connectivity index (χ3v) is 2.62. The average molecular weight is 219 g/mol. The fraction of sp³-hybridized carbons (Fsp3) is 0.875. The quantitative estimate of drug-likeness (QED) is 0.506. The molecule has 2 aliphatic heterocycles. The zero-order valence-electron chi connectivity index (χ0n) is 8.12. The zero-order valence-corrected chi connectivity index (χ0v) is 8.12. The highest BCUT2D eigenvalue weighted by molar-refractivity contribution is 5.70. The highest BCUT2D eigenvalue weighted by Crippen LogP contribution is 2.27. The lowest BCUT2D eigenvalue weighted by molar-refractivity contribution is -0.261. The van der Waals surface area contributed by atoms with Crippen LogP contribution >= 0.6 is 0 Å². The zero-order chi connectivity index (χ0) is 11.0. The van der Waals surface area contributed by atoms with Crippen LogP contribution in [-0.2, 0) is 14.2 Å². The van der Waals surface area contributed by atoms with Gasteiger partial charge in [0, 0.05) is 7.11 Å². The second kappa shape index (κ2) is 3.93. The molecular formula is C8H13NO6. The first kappa shape index (κ1) is 10.6. The summed E-state index contributed by atoms with van der Waals surface area (Å²) < 4.78 is 15.0. The van der Waals surface area contributed by atoms with E-state index in [9.17, 15) is 9.90 Å². The van der Waals surface area contributed by atoms with Crippen LogP contribution in [0.5, 0.6) is 0 Å². The molecule has 0 bridgehead atoms. The number of aliphatic hydroxyl groups excluding tert-OH is 2. The van der Waals surface area contributed by atoms with Crippen LogP contribution in [0.3, 0.4) is 0 Å². The molecule has 2 rings (SSSR count). The van der Waals surface area contributed by atoms with Crippen molar-refractivity contribution in [3.63, 3.8) is 0 Å². The highest BCUT2D eigenvalue weighted by Gasteiger charge is 2.51. The molecule has 7 heteroatoms. The van der Waals surface area contributed by atoms with Crippen LogP contribution in [0.1, 0.15) is 0 Å². The normalized spacial score (nSPS) is 44.5. The fourth-order valence-electron chi connectivity index (χ4n) is 1.88. The van der Waals surface area contributed by atoms with Crippen molar-refractivity contribution < 1.29 is 29.2 Å². The van der Waals surface area contributed by atoms with Crippen LogP contribution in [0.15, 0.2) is 0 Å². The number of fused-ring (bicyclic) bond motifs is 1. The number of amides is 1. The Kier molecular flexibility index (Phi) is 2.79. The third kappa shape index (κ3) is 1.67. The molecule has 0 aromatic heterocycles. The number of ether oxygens (including phenoxy) is 3. The van der Waals surface area contributed by atoms with Gasteiger partial charge in [-0.3, -0.25) is 0 Å². The van der Waals surface area contributed by atoms with Gasteiger partial charge >= 0.3 is 6.09 Å². The minimum absolute atomic E-state index is 0.303. The maximum atomic E-state index is 11.0. The summed E-state index contributed by atoms with van der Waals surface area (Å²) in [6.45, 7) is -0.303. The van der Waals surface area contributed by atoms with Gasteiger partial charge in [-0.05, 0) is 0 Å². The Hall–Kier alpha value is -0.890. The van der Waals surface area contributed by atoms with Crippen molar-refractivity contribution in [1.82, 2.24) is 5.32 Å². The lowest BCUT2D eigenvalue weighted by Crippen LogP contribution is -2.60. The lowest BCUT2D eigenvalue weighted by Gasteiger charge is -2.38. The van der Waals surface area contributed by atoms with E-state index in [-0.39, 0.29) is 6.61 Å². The molecule has 0 aromatic carbocycles. The minimum atomic E-state index is -1.01. The average Bonchev–Trinajstić information content (AvgIpc) is 2.61. The highest BCUT2D eigenvalue weighted by atomic mass is 16.7. The molecule has 2 heterocycles. The molecule has 0 aromatic rings. The van der Waals surface area contributed by atoms with Gasteiger partial charge in [0.1, 0.15) is 18.2 Å². The maximum absolute atomic E-state index is 11.0. The summed E-state index contributed by atoms with van der Waals surface area (Å²) >= 11 is 0. The number of carbonyl (C=O) groups is 1. The number of alkyl carbamates (subject to hydrolysis) is 1. The van der Waals surface area contributed by atoms with Crippen LogP contribution in [0.2, 0.25) is 0 Å². The van der Waals surface area contributed by atoms with Crippen molar-refractivity contribution in [3.05, 3.63) is 0 Å². The van der Waals surface area contributed by atoms with Gasteiger partial charge in [0.2, 0.25) is 0 Å². The van der Waals surface area contributed by atoms with Gasteiger partial charge < -0.3 is 29.7 Å². The Morgan fingerprint density at radius 2 is 2.33 bits per heavy atom. The third-order valence-electron chi connectivity index (χ3n) is 2.62. The SMILES string of the molecule is CO[C@H]1O[C@H](CO)[C@H]2OC(=O)N[C@H]2[C@@H]1O. The van der Waals surface area contributed by atoms with Gasteiger partial charge in [0.25, 0.3) is 0 Å². The summed E-state index contributed by atoms with van der Waals surface area (Å²) in [5.74, 6) is 0. The fourth-order valence-corrected chi connectivity index (χ4v) is 1.88. The summed E-state index contributed by atoms with van der Waals surface area (Å²) in [5.41, 5.74) is 0. The molecule has 2 saturated heterocycles. The number of rotatable bonds is 2. The van der Waals surface area contributed by atoms with E-state index in [1.807, 2.05) is 0 Å². The number of carbonyl (C=O) groups excluding carboxylic acids is 1. The Morgan fingerprint density at radius 1 is 1.60 bits per heavy atom. The second-order valence-electron chi connectivity index (χ2n) is 3.49. The molecule has 5 atom stereocenters. The molecule has 0 saturated carbocycles. The summed E-state index contributed by atoms with van der Waals surface area (Å²) in [6.07, 6.45) is -3.85. The van der Waals surface area contributed by atoms with E-state index < -0.39 is 36.7 Å². The lowest BCUT2D eigenvalue weighted by atomic mass is 9.97. The standard InChI is InChI=1S/C8H13NO6/c1-13-7-5(11)4-6(3(2-10)14-7)15-8(12)9-4/h3-7,10-11H,2H2,1H3,(H,9,12)/t3-,4+,5+,6-,7+/m1/s1. The van der Waals surface area contributed by atoms with E-state index >= 15 is 0 Å². The van der Waals surface area contributed by atoms with E-state index in [1.54, 1.807) is 0 Å². The number of aliphatic hydroxyl groups is 2. The van der Waals surface area contributed by atoms with Gasteiger partial charge in [0.15, 0.2) is 12.4 Å². The number of nitrogens with one attached hydrogen (secondary N) is 1. The predicted octanol–water partition coefficient (Wildman–Crippen LogP) is -1.81. The van der Waals surface area contributed by atoms with Crippen molar-refractivity contribution in [2.75, 3.05) is 13.7 Å². The van der Waals surface area contributed by atoms with E-state index in [2.05, 4.69) is 5.32 Å². The van der Waals surface area contributed by atoms with Gasteiger partial charge in [-0.2, -0.15) is 0 Å². The van der Waals surface area contributed by atoms with Gasteiger partial charge in [-0.15, -0.1) is 0 Å². The number of hydrogen-bond acceptors (Lipinski definition) is 6. The van der Waals surface area contributed by atoms with Crippen LogP contribution in [0.4, 0.5) is 4.79 Å². The first-order chi connectivity index (χ1) is 7.17. The molecule has 86 valence electrons. The van der Waals surface area contributed by atoms with E-state index in [0.717, 1.165) is 0 Å². The monoisotopic (exact) mass is 219 g/mol. The van der Waals surface area contributed by atoms with Crippen molar-refractivity contribution in [2.45, 2.75) is 30.6 Å². The van der Waals surface area contributed by atoms with Crippen LogP contribution in [0, 0.1) is 0 Å². The molecular weight excluding hydrogens is 206 g/mol. The molecule has 0 radical (unpaired) electrons. The van der Waals surface area contributed by atoms with Crippen LogP contribution in [0.25, 0.3) is 0 Å². The molecule has 1 amide bonds. The van der Waals surface area contributed by atoms with Gasteiger partial charge in [0.05, 0.1) is 6.61 Å². The molecule has 0 aliphatic carbocycles. The summed E-state index contributed by atoms with van der Waals surface area (Å²) in [6, 6.07) is -0.603. The van der Waals surface area contributed by atoms with Gasteiger partial charge in [-0.1, -0.05) is 0 Å². The van der Waals surface area contributed by atoms with Crippen molar-refractivity contribution >= 4 is 6.09 Å². The first-order valence-corrected chi connectivity index (χ1v) is 4.61. The Morgan fingerprint density at radius 3 is 2.93 bits per heavy atom. The minimum Gasteiger partial charge on any atom is -0.441 e. The molecule has 0 spiro atoms. The van der Waals surface area contributed by atoms with Crippen molar-refractivity contribution in [2.24, 2.45) is 0 Å². The number of hydrogen-bond donors (Lipinski definition) is 3. The molecule has 15 heavy (non-hydrogen) atoms. The van der Waals surface area contributed by atoms with E-state index in [4.69, 9.17) is 19.3 Å². The smallest absolute Gasteiger partial charge is 0.408 e. The molecule has 3 N–H and O–H groups in total. The van der Waals surface area contributed by atoms with Gasteiger partial charge in [-0.25, -0.2) is 4.79 Å². The molecule has 7 nitrogen and oxygen atoms in total. The van der Waals surface area contributed by atoms with E-state index in [0.29, 0.717) is 0 Å². The maximum Gasteiger partial charge on any atom is 0.408 e. The molecule has 2 fully saturated rings. The van der Waals surface area contributed by atoms with Crippen LogP contribution in [-0.4, -0.2) is 60.7 Å². The van der Waals surface area contributed by atoms with E-state index in [1.165, 1.54) is 7.11 Å². The topological polar surface area (TPSA) is 97.3 Å². The van der Waals surface area contributed by atoms with Crippen molar-refractivity contribution in [3.8, 4) is 0 Å². The van der Waals surface area contributed by atoms with Crippen LogP contribution < -0.4 is 5.32 Å². The Balaban J connectivity index is 2.16. The second-order valence-corrected chi connectivity index (χ2v) is 3.49. The largest absolute Gasteiger partial charge is 0.441 e. The first-order valence-electron chi connectivity index (χ1n) is 4.61. The molecule has 0 unspecified atom stereocenters. The predicted molar refractivity (Wildman–Crippen MR) is 46.0 cm³/mol. The summed E-state index contributed by atoms with van der Waals surface area (Å²) in [7, 11) is 1.38. The number of methoxy groups -OCH3 is 1. The summed E-state index contributed by atoms with van der Waals surface area (Å²) in [4.78, 5) is 11.0. The van der Waals surface area contributed by atoms with Crippen molar-refractivity contribution in [1.29, 1.82) is 0 Å². The Labute approximate surface area is 85.9 Å². The molecule has 2 aliphatic rings.